The molecule has 0 bridgehead atoms. The van der Waals surface area contributed by atoms with Crippen molar-refractivity contribution in [2.45, 2.75) is 19.9 Å². The lowest BCUT2D eigenvalue weighted by molar-refractivity contribution is 0.538. The average molecular weight is 271 g/mol. The first-order valence-corrected chi connectivity index (χ1v) is 5.90. The quantitative estimate of drug-likeness (QED) is 0.910. The van der Waals surface area contributed by atoms with Crippen LogP contribution < -0.4 is 5.73 Å². The third-order valence-corrected chi connectivity index (χ3v) is 2.86. The molecule has 17 heavy (non-hydrogen) atoms. The van der Waals surface area contributed by atoms with E-state index in [0.29, 0.717) is 21.4 Å². The molecule has 0 fully saturated rings. The molecule has 4 nitrogen and oxygen atoms in total. The Kier molecular flexibility index (Phi) is 3.26. The highest BCUT2D eigenvalue weighted by Crippen LogP contribution is 2.34. The Hall–Kier alpha value is -1.26. The summed E-state index contributed by atoms with van der Waals surface area (Å²) in [6.07, 6.45) is 3.10. The maximum Gasteiger partial charge on any atom is 0.132 e. The van der Waals surface area contributed by atoms with Crippen molar-refractivity contribution in [3.05, 3.63) is 28.5 Å². The number of nitrogens with two attached hydrogens (primary N) is 1. The molecule has 2 aromatic heterocycles. The van der Waals surface area contributed by atoms with Crippen molar-refractivity contribution in [1.82, 2.24) is 14.8 Å². The van der Waals surface area contributed by atoms with Crippen LogP contribution in [-0.4, -0.2) is 14.8 Å². The summed E-state index contributed by atoms with van der Waals surface area (Å²) in [5.74, 6) is 0.388. The monoisotopic (exact) mass is 270 g/mol. The summed E-state index contributed by atoms with van der Waals surface area (Å²) in [5.41, 5.74) is 7.30. The van der Waals surface area contributed by atoms with E-state index in [9.17, 15) is 0 Å². The lowest BCUT2D eigenvalue weighted by atomic mass is 10.2. The van der Waals surface area contributed by atoms with Crippen molar-refractivity contribution in [2.75, 3.05) is 5.73 Å². The van der Waals surface area contributed by atoms with E-state index < -0.39 is 0 Å². The Morgan fingerprint density at radius 1 is 1.29 bits per heavy atom. The van der Waals surface area contributed by atoms with Crippen LogP contribution in [0.1, 0.15) is 19.9 Å². The van der Waals surface area contributed by atoms with Gasteiger partial charge in [-0.1, -0.05) is 23.2 Å². The number of halogens is 2. The van der Waals surface area contributed by atoms with Crippen LogP contribution in [0.15, 0.2) is 18.5 Å². The molecule has 0 saturated heterocycles. The van der Waals surface area contributed by atoms with Crippen molar-refractivity contribution in [2.24, 2.45) is 0 Å². The van der Waals surface area contributed by atoms with Crippen molar-refractivity contribution in [3.63, 3.8) is 0 Å². The van der Waals surface area contributed by atoms with E-state index >= 15 is 0 Å². The lowest BCUT2D eigenvalue weighted by Crippen LogP contribution is -2.06. The molecule has 2 rings (SSSR count). The van der Waals surface area contributed by atoms with Gasteiger partial charge in [0.25, 0.3) is 0 Å². The Balaban J connectivity index is 2.67. The molecule has 6 heteroatoms. The highest BCUT2D eigenvalue weighted by molar-refractivity contribution is 6.33. The predicted molar refractivity (Wildman–Crippen MR) is 70.3 cm³/mol. The zero-order valence-electron chi connectivity index (χ0n) is 9.48. The van der Waals surface area contributed by atoms with Crippen LogP contribution >= 0.6 is 23.2 Å². The smallest absolute Gasteiger partial charge is 0.132 e. The van der Waals surface area contributed by atoms with Gasteiger partial charge in [0, 0.05) is 17.8 Å². The van der Waals surface area contributed by atoms with Gasteiger partial charge in [-0.25, -0.2) is 4.98 Å². The molecule has 0 amide bonds. The van der Waals surface area contributed by atoms with Crippen LogP contribution in [0.2, 0.25) is 10.0 Å². The molecule has 2 aromatic rings. The zero-order valence-corrected chi connectivity index (χ0v) is 11.0. The van der Waals surface area contributed by atoms with Crippen molar-refractivity contribution in [3.8, 4) is 11.3 Å². The van der Waals surface area contributed by atoms with E-state index in [2.05, 4.69) is 10.1 Å². The molecular weight excluding hydrogens is 259 g/mol. The fraction of sp³-hybridized carbons (Fsp3) is 0.273. The first-order valence-electron chi connectivity index (χ1n) is 5.15. The van der Waals surface area contributed by atoms with Crippen molar-refractivity contribution in [1.29, 1.82) is 0 Å². The molecule has 0 aliphatic heterocycles. The lowest BCUT2D eigenvalue weighted by Gasteiger charge is -2.12. The van der Waals surface area contributed by atoms with Gasteiger partial charge in [-0.05, 0) is 19.9 Å². The molecule has 0 aliphatic carbocycles. The van der Waals surface area contributed by atoms with Crippen LogP contribution in [0.5, 0.6) is 0 Å². The van der Waals surface area contributed by atoms with Gasteiger partial charge in [-0.2, -0.15) is 5.10 Å². The molecule has 90 valence electrons. The highest BCUT2D eigenvalue weighted by atomic mass is 35.5. The fourth-order valence-corrected chi connectivity index (χ4v) is 2.01. The number of nitrogen functional groups attached to an aromatic ring is 1. The Bertz CT molecular complexity index is 548. The second-order valence-corrected chi connectivity index (χ2v) is 4.81. The van der Waals surface area contributed by atoms with Crippen molar-refractivity contribution >= 4 is 29.0 Å². The van der Waals surface area contributed by atoms with Gasteiger partial charge in [0.1, 0.15) is 5.82 Å². The summed E-state index contributed by atoms with van der Waals surface area (Å²) >= 11 is 12.1. The summed E-state index contributed by atoms with van der Waals surface area (Å²) in [6.45, 7) is 4.03. The molecule has 2 N–H and O–H groups in total. The summed E-state index contributed by atoms with van der Waals surface area (Å²) in [6, 6.07) is 1.92. The summed E-state index contributed by atoms with van der Waals surface area (Å²) in [4.78, 5) is 4.02. The van der Waals surface area contributed by atoms with Gasteiger partial charge < -0.3 is 5.73 Å². The number of hydrogen-bond donors (Lipinski definition) is 1. The zero-order chi connectivity index (χ0) is 12.6. The van der Waals surface area contributed by atoms with E-state index in [1.165, 1.54) is 6.20 Å². The topological polar surface area (TPSA) is 56.7 Å². The SMILES string of the molecule is CC(C)n1ncc(Cl)c1-c1cc(Cl)cnc1N. The van der Waals surface area contributed by atoms with Crippen LogP contribution in [0, 0.1) is 0 Å². The number of rotatable bonds is 2. The molecule has 0 radical (unpaired) electrons. The minimum absolute atomic E-state index is 0.177. The van der Waals surface area contributed by atoms with Gasteiger partial charge in [0.2, 0.25) is 0 Å². The molecule has 2 heterocycles. The molecule has 0 aromatic carbocycles. The van der Waals surface area contributed by atoms with Gasteiger partial charge in [0.05, 0.1) is 21.9 Å². The maximum absolute atomic E-state index is 6.14. The predicted octanol–water partition coefficient (Wildman–Crippen LogP) is 3.42. The Labute approximate surface area is 109 Å². The second kappa shape index (κ2) is 4.55. The van der Waals surface area contributed by atoms with Crippen LogP contribution in [0.4, 0.5) is 5.82 Å². The third kappa shape index (κ3) is 2.23. The minimum Gasteiger partial charge on any atom is -0.383 e. The van der Waals surface area contributed by atoms with Gasteiger partial charge in [-0.15, -0.1) is 0 Å². The molecule has 0 aliphatic rings. The van der Waals surface area contributed by atoms with E-state index in [1.807, 2.05) is 13.8 Å². The number of aromatic nitrogens is 3. The molecule has 0 unspecified atom stereocenters. The van der Waals surface area contributed by atoms with Gasteiger partial charge in [0.15, 0.2) is 0 Å². The standard InChI is InChI=1S/C11H12Cl2N4/c1-6(2)17-10(9(13)5-16-17)8-3-7(12)4-15-11(8)14/h3-6H,1-2H3,(H2,14,15). The summed E-state index contributed by atoms with van der Waals surface area (Å²) < 4.78 is 1.80. The van der Waals surface area contributed by atoms with Gasteiger partial charge >= 0.3 is 0 Å². The molecule has 0 saturated carbocycles. The third-order valence-electron chi connectivity index (χ3n) is 2.38. The number of hydrogen-bond acceptors (Lipinski definition) is 3. The largest absolute Gasteiger partial charge is 0.383 e. The van der Waals surface area contributed by atoms with Crippen LogP contribution in [0.3, 0.4) is 0 Å². The fourth-order valence-electron chi connectivity index (χ4n) is 1.62. The first kappa shape index (κ1) is 12.2. The molecular formula is C11H12Cl2N4. The first-order chi connectivity index (χ1) is 8.00. The Morgan fingerprint density at radius 3 is 2.65 bits per heavy atom. The Morgan fingerprint density at radius 2 is 2.00 bits per heavy atom. The molecule has 0 atom stereocenters. The maximum atomic E-state index is 6.14. The van der Waals surface area contributed by atoms with Crippen LogP contribution in [0.25, 0.3) is 11.3 Å². The van der Waals surface area contributed by atoms with E-state index in [0.717, 1.165) is 5.69 Å². The number of nitrogens with zero attached hydrogens (tertiary/aromatic N) is 3. The van der Waals surface area contributed by atoms with E-state index in [-0.39, 0.29) is 6.04 Å². The summed E-state index contributed by atoms with van der Waals surface area (Å²) in [7, 11) is 0. The minimum atomic E-state index is 0.177. The van der Waals surface area contributed by atoms with Gasteiger partial charge in [-0.3, -0.25) is 4.68 Å². The van der Waals surface area contributed by atoms with E-state index in [4.69, 9.17) is 28.9 Å². The molecule has 0 spiro atoms. The average Bonchev–Trinajstić information content (AvgIpc) is 2.64. The van der Waals surface area contributed by atoms with E-state index in [1.54, 1.807) is 16.9 Å². The highest BCUT2D eigenvalue weighted by Gasteiger charge is 2.17. The van der Waals surface area contributed by atoms with Crippen molar-refractivity contribution < 1.29 is 0 Å². The number of pyridine rings is 1. The second-order valence-electron chi connectivity index (χ2n) is 3.97. The van der Waals surface area contributed by atoms with Crippen LogP contribution in [-0.2, 0) is 0 Å². The summed E-state index contributed by atoms with van der Waals surface area (Å²) in [5, 5.41) is 5.27. The number of anilines is 1. The normalized spacial score (nSPS) is 11.1.